The van der Waals surface area contributed by atoms with Gasteiger partial charge in [0.25, 0.3) is 0 Å². The van der Waals surface area contributed by atoms with E-state index in [-0.39, 0.29) is 12.2 Å². The standard InChI is InChI=1S/C19H23NO5S/c1-2-12-25-17-10-8-16(9-11-17)18(13-19(21)22)20-26(23,24)14-15-6-4-3-5-7-15/h3-11,18,20H,2,12-14H2,1H3,(H,21,22)/t18-/m1/s1. The van der Waals surface area contributed by atoms with Crippen molar-refractivity contribution in [3.8, 4) is 5.75 Å². The highest BCUT2D eigenvalue weighted by Crippen LogP contribution is 2.22. The van der Waals surface area contributed by atoms with Crippen molar-refractivity contribution in [1.82, 2.24) is 4.72 Å². The van der Waals surface area contributed by atoms with Crippen molar-refractivity contribution < 1.29 is 23.1 Å². The maximum atomic E-state index is 12.4. The normalized spacial score (nSPS) is 12.5. The zero-order chi connectivity index (χ0) is 19.0. The molecule has 0 bridgehead atoms. The van der Waals surface area contributed by atoms with Gasteiger partial charge in [-0.05, 0) is 29.7 Å². The van der Waals surface area contributed by atoms with Crippen LogP contribution >= 0.6 is 0 Å². The van der Waals surface area contributed by atoms with Crippen LogP contribution in [0.15, 0.2) is 54.6 Å². The first kappa shape index (κ1) is 19.9. The van der Waals surface area contributed by atoms with Crippen molar-refractivity contribution >= 4 is 16.0 Å². The summed E-state index contributed by atoms with van der Waals surface area (Å²) in [7, 11) is -3.70. The van der Waals surface area contributed by atoms with Crippen molar-refractivity contribution in [3.05, 3.63) is 65.7 Å². The summed E-state index contributed by atoms with van der Waals surface area (Å²) in [4.78, 5) is 11.2. The van der Waals surface area contributed by atoms with E-state index in [0.717, 1.165) is 6.42 Å². The Morgan fingerprint density at radius 1 is 1.12 bits per heavy atom. The molecule has 0 unspecified atom stereocenters. The SMILES string of the molecule is CCCOc1ccc([C@@H](CC(=O)O)NS(=O)(=O)Cc2ccccc2)cc1. The molecule has 0 amide bonds. The molecule has 2 rings (SSSR count). The first-order valence-electron chi connectivity index (χ1n) is 8.38. The fourth-order valence-electron chi connectivity index (χ4n) is 2.47. The Kier molecular flexibility index (Phi) is 7.17. The molecule has 140 valence electrons. The molecule has 7 heteroatoms. The summed E-state index contributed by atoms with van der Waals surface area (Å²) in [5.74, 6) is -0.623. The van der Waals surface area contributed by atoms with Gasteiger partial charge in [-0.15, -0.1) is 0 Å². The van der Waals surface area contributed by atoms with Crippen molar-refractivity contribution in [2.24, 2.45) is 0 Å². The van der Waals surface area contributed by atoms with E-state index in [2.05, 4.69) is 4.72 Å². The van der Waals surface area contributed by atoms with Crippen LogP contribution < -0.4 is 9.46 Å². The number of rotatable bonds is 10. The van der Waals surface area contributed by atoms with Crippen LogP contribution in [0.5, 0.6) is 5.75 Å². The predicted octanol–water partition coefficient (Wildman–Crippen LogP) is 3.11. The van der Waals surface area contributed by atoms with Gasteiger partial charge in [0.15, 0.2) is 0 Å². The lowest BCUT2D eigenvalue weighted by Crippen LogP contribution is -2.31. The van der Waals surface area contributed by atoms with E-state index in [4.69, 9.17) is 9.84 Å². The first-order chi connectivity index (χ1) is 12.4. The Morgan fingerprint density at radius 2 is 1.77 bits per heavy atom. The lowest BCUT2D eigenvalue weighted by atomic mass is 10.0. The number of hydrogen-bond donors (Lipinski definition) is 2. The average molecular weight is 377 g/mol. The molecule has 1 atom stereocenters. The van der Waals surface area contributed by atoms with E-state index in [9.17, 15) is 13.2 Å². The Bertz CT molecular complexity index is 804. The predicted molar refractivity (Wildman–Crippen MR) is 99.4 cm³/mol. The molecule has 0 saturated heterocycles. The summed E-state index contributed by atoms with van der Waals surface area (Å²) in [6.07, 6.45) is 0.534. The van der Waals surface area contributed by atoms with Gasteiger partial charge in [-0.25, -0.2) is 13.1 Å². The van der Waals surface area contributed by atoms with Crippen LogP contribution in [-0.2, 0) is 20.6 Å². The van der Waals surface area contributed by atoms with Crippen LogP contribution in [0, 0.1) is 0 Å². The number of carboxylic acids is 1. The lowest BCUT2D eigenvalue weighted by molar-refractivity contribution is -0.137. The number of sulfonamides is 1. The number of carboxylic acid groups (broad SMARTS) is 1. The van der Waals surface area contributed by atoms with Crippen LogP contribution in [-0.4, -0.2) is 26.1 Å². The van der Waals surface area contributed by atoms with Gasteiger partial charge in [0, 0.05) is 0 Å². The topological polar surface area (TPSA) is 92.7 Å². The average Bonchev–Trinajstić information content (AvgIpc) is 2.59. The van der Waals surface area contributed by atoms with E-state index in [0.29, 0.717) is 23.5 Å². The van der Waals surface area contributed by atoms with Crippen LogP contribution in [0.4, 0.5) is 0 Å². The van der Waals surface area contributed by atoms with E-state index >= 15 is 0 Å². The number of hydrogen-bond acceptors (Lipinski definition) is 4. The second-order valence-corrected chi connectivity index (χ2v) is 7.68. The van der Waals surface area contributed by atoms with E-state index < -0.39 is 22.0 Å². The summed E-state index contributed by atoms with van der Waals surface area (Å²) in [6.45, 7) is 2.58. The van der Waals surface area contributed by atoms with Gasteiger partial charge >= 0.3 is 5.97 Å². The van der Waals surface area contributed by atoms with Gasteiger partial charge in [-0.3, -0.25) is 4.79 Å². The van der Waals surface area contributed by atoms with Crippen LogP contribution in [0.25, 0.3) is 0 Å². The number of carbonyl (C=O) groups is 1. The quantitative estimate of drug-likeness (QED) is 0.664. The third kappa shape index (κ3) is 6.50. The molecule has 2 aromatic carbocycles. The van der Waals surface area contributed by atoms with Gasteiger partial charge in [0.05, 0.1) is 24.8 Å². The van der Waals surface area contributed by atoms with Crippen molar-refractivity contribution in [1.29, 1.82) is 0 Å². The summed E-state index contributed by atoms with van der Waals surface area (Å²) in [5.41, 5.74) is 1.21. The molecule has 2 N–H and O–H groups in total. The van der Waals surface area contributed by atoms with Crippen molar-refractivity contribution in [2.75, 3.05) is 6.61 Å². The lowest BCUT2D eigenvalue weighted by Gasteiger charge is -2.18. The van der Waals surface area contributed by atoms with Gasteiger partial charge in [-0.2, -0.15) is 0 Å². The summed E-state index contributed by atoms with van der Waals surface area (Å²) in [5, 5.41) is 9.14. The first-order valence-corrected chi connectivity index (χ1v) is 10.0. The molecule has 0 saturated carbocycles. The molecule has 0 aromatic heterocycles. The van der Waals surface area contributed by atoms with Crippen LogP contribution in [0.1, 0.15) is 36.9 Å². The van der Waals surface area contributed by atoms with Crippen LogP contribution in [0.2, 0.25) is 0 Å². The summed E-state index contributed by atoms with van der Waals surface area (Å²) >= 11 is 0. The van der Waals surface area contributed by atoms with Gasteiger partial charge in [0.2, 0.25) is 10.0 Å². The van der Waals surface area contributed by atoms with E-state index in [1.54, 1.807) is 54.6 Å². The largest absolute Gasteiger partial charge is 0.494 e. The molecule has 0 fully saturated rings. The van der Waals surface area contributed by atoms with E-state index in [1.807, 2.05) is 6.92 Å². The van der Waals surface area contributed by atoms with Crippen molar-refractivity contribution in [2.45, 2.75) is 31.6 Å². The minimum absolute atomic E-state index is 0.207. The van der Waals surface area contributed by atoms with Gasteiger partial charge < -0.3 is 9.84 Å². The number of benzene rings is 2. The Hall–Kier alpha value is -2.38. The number of aliphatic carboxylic acids is 1. The Labute approximate surface area is 153 Å². The third-order valence-electron chi connectivity index (χ3n) is 3.66. The molecule has 6 nitrogen and oxygen atoms in total. The molecule has 0 radical (unpaired) electrons. The maximum Gasteiger partial charge on any atom is 0.305 e. The molecule has 0 aliphatic rings. The minimum Gasteiger partial charge on any atom is -0.494 e. The molecule has 0 heterocycles. The molecule has 0 spiro atoms. The number of ether oxygens (including phenoxy) is 1. The molecular weight excluding hydrogens is 354 g/mol. The Balaban J connectivity index is 2.14. The highest BCUT2D eigenvalue weighted by Gasteiger charge is 2.22. The van der Waals surface area contributed by atoms with Crippen LogP contribution in [0.3, 0.4) is 0 Å². The summed E-state index contributed by atoms with van der Waals surface area (Å²) < 4.78 is 32.9. The van der Waals surface area contributed by atoms with Crippen molar-refractivity contribution in [3.63, 3.8) is 0 Å². The second kappa shape index (κ2) is 9.35. The molecule has 2 aromatic rings. The summed E-state index contributed by atoms with van der Waals surface area (Å²) in [6, 6.07) is 14.7. The monoisotopic (exact) mass is 377 g/mol. The molecule has 26 heavy (non-hydrogen) atoms. The second-order valence-electron chi connectivity index (χ2n) is 5.93. The number of nitrogens with one attached hydrogen (secondary N) is 1. The van der Waals surface area contributed by atoms with Gasteiger partial charge in [0.1, 0.15) is 5.75 Å². The fourth-order valence-corrected chi connectivity index (χ4v) is 3.84. The molecular formula is C19H23NO5S. The highest BCUT2D eigenvalue weighted by molar-refractivity contribution is 7.88. The van der Waals surface area contributed by atoms with E-state index in [1.165, 1.54) is 0 Å². The molecule has 0 aliphatic carbocycles. The highest BCUT2D eigenvalue weighted by atomic mass is 32.2. The molecule has 0 aliphatic heterocycles. The fraction of sp³-hybridized carbons (Fsp3) is 0.316. The van der Waals surface area contributed by atoms with Gasteiger partial charge in [-0.1, -0.05) is 49.4 Å². The smallest absolute Gasteiger partial charge is 0.305 e. The Morgan fingerprint density at radius 3 is 2.35 bits per heavy atom. The zero-order valence-corrected chi connectivity index (χ0v) is 15.4. The minimum atomic E-state index is -3.70. The maximum absolute atomic E-state index is 12.4. The zero-order valence-electron chi connectivity index (χ0n) is 14.6. The third-order valence-corrected chi connectivity index (χ3v) is 5.01.